The summed E-state index contributed by atoms with van der Waals surface area (Å²) >= 11 is 0. The molecule has 1 amide bonds. The zero-order chi connectivity index (χ0) is 18.6. The smallest absolute Gasteiger partial charge is 0.222 e. The van der Waals surface area contributed by atoms with E-state index >= 15 is 0 Å². The SMILES string of the molecule is NC1CCC2CN(C(=O)CC(Cc3ccccc3)Cc3ccccc3)CC12. The van der Waals surface area contributed by atoms with E-state index in [1.54, 1.807) is 0 Å². The van der Waals surface area contributed by atoms with Crippen molar-refractivity contribution in [2.75, 3.05) is 13.1 Å². The largest absolute Gasteiger partial charge is 0.342 e. The summed E-state index contributed by atoms with van der Waals surface area (Å²) in [6, 6.07) is 21.4. The zero-order valence-corrected chi connectivity index (χ0v) is 16.0. The number of hydrogen-bond donors (Lipinski definition) is 1. The molecule has 3 heteroatoms. The van der Waals surface area contributed by atoms with Gasteiger partial charge >= 0.3 is 0 Å². The fraction of sp³-hybridized carbons (Fsp3) is 0.458. The van der Waals surface area contributed by atoms with Crippen LogP contribution in [0.5, 0.6) is 0 Å². The summed E-state index contributed by atoms with van der Waals surface area (Å²) in [5.41, 5.74) is 8.87. The van der Waals surface area contributed by atoms with Crippen LogP contribution in [0.3, 0.4) is 0 Å². The van der Waals surface area contributed by atoms with Crippen LogP contribution in [0.1, 0.15) is 30.4 Å². The molecule has 2 aromatic carbocycles. The first-order valence-electron chi connectivity index (χ1n) is 10.3. The molecule has 2 aliphatic rings. The Morgan fingerprint density at radius 2 is 1.52 bits per heavy atom. The molecule has 3 nitrogen and oxygen atoms in total. The molecular formula is C24H30N2O. The van der Waals surface area contributed by atoms with Crippen molar-refractivity contribution in [3.63, 3.8) is 0 Å². The van der Waals surface area contributed by atoms with Crippen molar-refractivity contribution in [3.8, 4) is 0 Å². The maximum Gasteiger partial charge on any atom is 0.222 e. The average molecular weight is 363 g/mol. The lowest BCUT2D eigenvalue weighted by molar-refractivity contribution is -0.131. The lowest BCUT2D eigenvalue weighted by Crippen LogP contribution is -2.34. The van der Waals surface area contributed by atoms with Gasteiger partial charge in [0.15, 0.2) is 0 Å². The van der Waals surface area contributed by atoms with Gasteiger partial charge in [0.25, 0.3) is 0 Å². The number of fused-ring (bicyclic) bond motifs is 1. The van der Waals surface area contributed by atoms with Crippen LogP contribution in [-0.4, -0.2) is 29.9 Å². The van der Waals surface area contributed by atoms with E-state index in [-0.39, 0.29) is 6.04 Å². The molecule has 1 heterocycles. The molecular weight excluding hydrogens is 332 g/mol. The fourth-order valence-electron chi connectivity index (χ4n) is 5.00. The van der Waals surface area contributed by atoms with E-state index in [4.69, 9.17) is 5.73 Å². The van der Waals surface area contributed by atoms with Crippen LogP contribution in [0.4, 0.5) is 0 Å². The average Bonchev–Trinajstić information content (AvgIpc) is 3.26. The van der Waals surface area contributed by atoms with Crippen LogP contribution in [0.25, 0.3) is 0 Å². The number of benzene rings is 2. The van der Waals surface area contributed by atoms with Gasteiger partial charge in [-0.05, 0) is 54.6 Å². The van der Waals surface area contributed by atoms with Crippen LogP contribution in [0.15, 0.2) is 60.7 Å². The number of carbonyl (C=O) groups is 1. The Balaban J connectivity index is 1.43. The van der Waals surface area contributed by atoms with Gasteiger partial charge in [-0.3, -0.25) is 4.79 Å². The van der Waals surface area contributed by atoms with Crippen LogP contribution in [0.2, 0.25) is 0 Å². The number of nitrogens with two attached hydrogens (primary N) is 1. The summed E-state index contributed by atoms with van der Waals surface area (Å²) in [5, 5.41) is 0. The second-order valence-electron chi connectivity index (χ2n) is 8.41. The molecule has 3 unspecified atom stereocenters. The van der Waals surface area contributed by atoms with E-state index in [1.807, 2.05) is 12.1 Å². The molecule has 142 valence electrons. The summed E-state index contributed by atoms with van der Waals surface area (Å²) in [6.07, 6.45) is 4.83. The molecule has 4 rings (SSSR count). The molecule has 1 aliphatic carbocycles. The zero-order valence-electron chi connectivity index (χ0n) is 16.0. The highest BCUT2D eigenvalue weighted by Gasteiger charge is 2.42. The number of nitrogens with zero attached hydrogens (tertiary/aromatic N) is 1. The standard InChI is InChI=1S/C24H30N2O/c25-23-12-11-21-16-26(17-22(21)23)24(27)15-20(13-18-7-3-1-4-8-18)14-19-9-5-2-6-10-19/h1-10,20-23H,11-17,25H2. The third-order valence-corrected chi connectivity index (χ3v) is 6.46. The van der Waals surface area contributed by atoms with Crippen molar-refractivity contribution in [1.29, 1.82) is 0 Å². The highest BCUT2D eigenvalue weighted by molar-refractivity contribution is 5.77. The number of hydrogen-bond acceptors (Lipinski definition) is 2. The molecule has 3 atom stereocenters. The van der Waals surface area contributed by atoms with Gasteiger partial charge in [0.05, 0.1) is 0 Å². The summed E-state index contributed by atoms with van der Waals surface area (Å²) in [5.74, 6) is 1.80. The van der Waals surface area contributed by atoms with E-state index in [0.717, 1.165) is 32.4 Å². The van der Waals surface area contributed by atoms with Crippen LogP contribution in [0, 0.1) is 17.8 Å². The van der Waals surface area contributed by atoms with Crippen molar-refractivity contribution in [2.24, 2.45) is 23.5 Å². The highest BCUT2D eigenvalue weighted by atomic mass is 16.2. The molecule has 1 saturated heterocycles. The Hall–Kier alpha value is -2.13. The van der Waals surface area contributed by atoms with Gasteiger partial charge in [0, 0.05) is 25.6 Å². The molecule has 2 fully saturated rings. The normalized spacial score (nSPS) is 24.4. The van der Waals surface area contributed by atoms with Gasteiger partial charge in [-0.1, -0.05) is 60.7 Å². The summed E-state index contributed by atoms with van der Waals surface area (Å²) in [6.45, 7) is 1.79. The van der Waals surface area contributed by atoms with Crippen molar-refractivity contribution in [1.82, 2.24) is 4.90 Å². The van der Waals surface area contributed by atoms with Gasteiger partial charge in [-0.15, -0.1) is 0 Å². The first-order chi connectivity index (χ1) is 13.2. The predicted molar refractivity (Wildman–Crippen MR) is 109 cm³/mol. The van der Waals surface area contributed by atoms with E-state index < -0.39 is 0 Å². The Morgan fingerprint density at radius 3 is 2.07 bits per heavy atom. The molecule has 0 aromatic heterocycles. The summed E-state index contributed by atoms with van der Waals surface area (Å²) < 4.78 is 0. The van der Waals surface area contributed by atoms with Crippen LogP contribution < -0.4 is 5.73 Å². The van der Waals surface area contributed by atoms with Gasteiger partial charge in [0.1, 0.15) is 0 Å². The molecule has 1 aliphatic heterocycles. The van der Waals surface area contributed by atoms with E-state index in [2.05, 4.69) is 53.4 Å². The lowest BCUT2D eigenvalue weighted by Gasteiger charge is -2.23. The molecule has 2 aromatic rings. The van der Waals surface area contributed by atoms with E-state index in [0.29, 0.717) is 30.1 Å². The fourth-order valence-corrected chi connectivity index (χ4v) is 5.00. The third kappa shape index (κ3) is 4.41. The van der Waals surface area contributed by atoms with Gasteiger partial charge in [0.2, 0.25) is 5.91 Å². The number of carbonyl (C=O) groups excluding carboxylic acids is 1. The van der Waals surface area contributed by atoms with Crippen molar-refractivity contribution in [3.05, 3.63) is 71.8 Å². The molecule has 0 bridgehead atoms. The van der Waals surface area contributed by atoms with Crippen LogP contribution in [-0.2, 0) is 17.6 Å². The first-order valence-corrected chi connectivity index (χ1v) is 10.3. The van der Waals surface area contributed by atoms with Gasteiger partial charge < -0.3 is 10.6 Å². The monoisotopic (exact) mass is 362 g/mol. The molecule has 27 heavy (non-hydrogen) atoms. The predicted octanol–water partition coefficient (Wildman–Crippen LogP) is 3.67. The highest BCUT2D eigenvalue weighted by Crippen LogP contribution is 2.37. The van der Waals surface area contributed by atoms with Gasteiger partial charge in [-0.2, -0.15) is 0 Å². The van der Waals surface area contributed by atoms with Crippen molar-refractivity contribution < 1.29 is 4.79 Å². The number of rotatable bonds is 6. The Kier molecular flexibility index (Phi) is 5.58. The molecule has 2 N–H and O–H groups in total. The summed E-state index contributed by atoms with van der Waals surface area (Å²) in [7, 11) is 0. The maximum absolute atomic E-state index is 13.1. The number of amides is 1. The Labute approximate surface area is 162 Å². The first kappa shape index (κ1) is 18.2. The second-order valence-corrected chi connectivity index (χ2v) is 8.41. The van der Waals surface area contributed by atoms with Crippen LogP contribution >= 0.6 is 0 Å². The van der Waals surface area contributed by atoms with Gasteiger partial charge in [-0.25, -0.2) is 0 Å². The van der Waals surface area contributed by atoms with Crippen molar-refractivity contribution >= 4 is 5.91 Å². The van der Waals surface area contributed by atoms with E-state index in [9.17, 15) is 4.79 Å². The third-order valence-electron chi connectivity index (χ3n) is 6.46. The molecule has 0 radical (unpaired) electrons. The Bertz CT molecular complexity index is 704. The Morgan fingerprint density at radius 1 is 0.926 bits per heavy atom. The topological polar surface area (TPSA) is 46.3 Å². The lowest BCUT2D eigenvalue weighted by atomic mass is 9.89. The quantitative estimate of drug-likeness (QED) is 0.852. The minimum Gasteiger partial charge on any atom is -0.342 e. The molecule has 1 saturated carbocycles. The second kappa shape index (κ2) is 8.26. The van der Waals surface area contributed by atoms with Crippen molar-refractivity contribution in [2.45, 2.75) is 38.1 Å². The minimum absolute atomic E-state index is 0.289. The molecule has 0 spiro atoms. The maximum atomic E-state index is 13.1. The number of likely N-dealkylation sites (tertiary alicyclic amines) is 1. The summed E-state index contributed by atoms with van der Waals surface area (Å²) in [4.78, 5) is 15.2. The van der Waals surface area contributed by atoms with E-state index in [1.165, 1.54) is 17.5 Å². The minimum atomic E-state index is 0.289.